The summed E-state index contributed by atoms with van der Waals surface area (Å²) in [5, 5.41) is 17.3. The van der Waals surface area contributed by atoms with Gasteiger partial charge in [-0.1, -0.05) is 31.0 Å². The van der Waals surface area contributed by atoms with E-state index < -0.39 is 6.10 Å². The Morgan fingerprint density at radius 2 is 2.04 bits per heavy atom. The van der Waals surface area contributed by atoms with E-state index in [0.29, 0.717) is 18.2 Å². The van der Waals surface area contributed by atoms with Crippen LogP contribution in [-0.4, -0.2) is 33.4 Å². The minimum atomic E-state index is -0.459. The number of rotatable bonds is 5. The molecule has 1 heterocycles. The first-order chi connectivity index (χ1) is 11.1. The Bertz CT molecular complexity index is 660. The number of carbonyl (C=O) groups excluding carboxylic acids is 1. The molecule has 1 unspecified atom stereocenters. The highest BCUT2D eigenvalue weighted by Crippen LogP contribution is 2.27. The molecule has 0 spiro atoms. The molecule has 1 atom stereocenters. The van der Waals surface area contributed by atoms with Gasteiger partial charge in [0.1, 0.15) is 0 Å². The lowest BCUT2D eigenvalue weighted by molar-refractivity contribution is 0.0836. The van der Waals surface area contributed by atoms with E-state index in [-0.39, 0.29) is 5.91 Å². The maximum absolute atomic E-state index is 12.3. The third-order valence-electron chi connectivity index (χ3n) is 4.54. The van der Waals surface area contributed by atoms with Crippen LogP contribution in [0.15, 0.2) is 36.4 Å². The van der Waals surface area contributed by atoms with Crippen molar-refractivity contribution in [2.75, 3.05) is 6.54 Å². The second-order valence-electron chi connectivity index (χ2n) is 6.24. The highest BCUT2D eigenvalue weighted by atomic mass is 16.3. The summed E-state index contributed by atoms with van der Waals surface area (Å²) in [4.78, 5) is 12.3. The van der Waals surface area contributed by atoms with Gasteiger partial charge in [-0.2, -0.15) is 5.10 Å². The van der Waals surface area contributed by atoms with Crippen molar-refractivity contribution in [1.82, 2.24) is 15.1 Å². The van der Waals surface area contributed by atoms with Crippen molar-refractivity contribution in [3.05, 3.63) is 47.8 Å². The van der Waals surface area contributed by atoms with Gasteiger partial charge >= 0.3 is 0 Å². The molecule has 0 bridgehead atoms. The molecule has 2 aromatic rings. The van der Waals surface area contributed by atoms with Crippen LogP contribution in [0.4, 0.5) is 0 Å². The second-order valence-corrected chi connectivity index (χ2v) is 6.24. The highest BCUT2D eigenvalue weighted by molar-refractivity contribution is 5.92. The molecule has 1 aromatic heterocycles. The van der Waals surface area contributed by atoms with Crippen LogP contribution in [0.25, 0.3) is 5.69 Å². The van der Waals surface area contributed by atoms with Crippen LogP contribution in [0.1, 0.15) is 41.9 Å². The lowest BCUT2D eigenvalue weighted by atomic mass is 10.0. The molecule has 1 aromatic carbocycles. The number of aliphatic hydroxyl groups excluding tert-OH is 1. The van der Waals surface area contributed by atoms with Crippen LogP contribution in [-0.2, 0) is 0 Å². The quantitative estimate of drug-likeness (QED) is 0.891. The van der Waals surface area contributed by atoms with Gasteiger partial charge in [0.25, 0.3) is 5.91 Å². The minimum Gasteiger partial charge on any atom is -0.391 e. The molecule has 0 radical (unpaired) electrons. The van der Waals surface area contributed by atoms with Crippen LogP contribution in [0.2, 0.25) is 0 Å². The molecule has 122 valence electrons. The van der Waals surface area contributed by atoms with Gasteiger partial charge < -0.3 is 10.4 Å². The van der Waals surface area contributed by atoms with E-state index in [1.54, 1.807) is 10.7 Å². The van der Waals surface area contributed by atoms with E-state index in [1.807, 2.05) is 37.3 Å². The number of nitrogens with zero attached hydrogens (tertiary/aromatic N) is 2. The number of aromatic nitrogens is 2. The number of carbonyl (C=O) groups is 1. The SMILES string of the molecule is Cc1cc(C(=O)NCC(O)C2CCCC2)nn1-c1ccccc1. The fourth-order valence-corrected chi connectivity index (χ4v) is 3.21. The van der Waals surface area contributed by atoms with Crippen molar-refractivity contribution in [1.29, 1.82) is 0 Å². The summed E-state index contributed by atoms with van der Waals surface area (Å²) in [6, 6.07) is 11.5. The number of benzene rings is 1. The Morgan fingerprint density at radius 3 is 2.74 bits per heavy atom. The van der Waals surface area contributed by atoms with Crippen LogP contribution < -0.4 is 5.32 Å². The number of amides is 1. The summed E-state index contributed by atoms with van der Waals surface area (Å²) in [6.45, 7) is 2.21. The molecule has 0 saturated heterocycles. The molecule has 1 aliphatic rings. The predicted molar refractivity (Wildman–Crippen MR) is 88.6 cm³/mol. The summed E-state index contributed by atoms with van der Waals surface area (Å²) in [6.07, 6.45) is 4.00. The van der Waals surface area contributed by atoms with Gasteiger partial charge in [0.15, 0.2) is 5.69 Å². The molecule has 3 rings (SSSR count). The van der Waals surface area contributed by atoms with Crippen LogP contribution in [0.3, 0.4) is 0 Å². The zero-order valence-electron chi connectivity index (χ0n) is 13.4. The normalized spacial score (nSPS) is 16.4. The minimum absolute atomic E-state index is 0.236. The van der Waals surface area contributed by atoms with Crippen LogP contribution in [0, 0.1) is 12.8 Å². The van der Waals surface area contributed by atoms with E-state index >= 15 is 0 Å². The van der Waals surface area contributed by atoms with Gasteiger partial charge in [-0.15, -0.1) is 0 Å². The van der Waals surface area contributed by atoms with Gasteiger partial charge in [0.05, 0.1) is 11.8 Å². The molecule has 23 heavy (non-hydrogen) atoms. The molecular formula is C18H23N3O2. The molecule has 1 fully saturated rings. The van der Waals surface area contributed by atoms with Crippen LogP contribution in [0.5, 0.6) is 0 Å². The summed E-state index contributed by atoms with van der Waals surface area (Å²) in [5.74, 6) is 0.0822. The standard InChI is InChI=1S/C18H23N3O2/c1-13-11-16(20-21(13)15-9-3-2-4-10-15)18(23)19-12-17(22)14-7-5-6-8-14/h2-4,9-11,14,17,22H,5-8,12H2,1H3,(H,19,23). The average Bonchev–Trinajstić information content (AvgIpc) is 3.23. The first-order valence-corrected chi connectivity index (χ1v) is 8.23. The summed E-state index contributed by atoms with van der Waals surface area (Å²) in [7, 11) is 0. The number of aliphatic hydroxyl groups is 1. The Kier molecular flexibility index (Phi) is 4.76. The van der Waals surface area contributed by atoms with Gasteiger partial charge in [0.2, 0.25) is 0 Å². The fourth-order valence-electron chi connectivity index (χ4n) is 3.21. The lowest BCUT2D eigenvalue weighted by Gasteiger charge is -2.17. The number of nitrogens with one attached hydrogen (secondary N) is 1. The molecule has 5 heteroatoms. The van der Waals surface area contributed by atoms with Crippen molar-refractivity contribution < 1.29 is 9.90 Å². The highest BCUT2D eigenvalue weighted by Gasteiger charge is 2.24. The molecule has 2 N–H and O–H groups in total. The Labute approximate surface area is 136 Å². The summed E-state index contributed by atoms with van der Waals surface area (Å²) in [5.41, 5.74) is 2.21. The van der Waals surface area contributed by atoms with Gasteiger partial charge in [0, 0.05) is 12.2 Å². The van der Waals surface area contributed by atoms with E-state index in [2.05, 4.69) is 10.4 Å². The molecular weight excluding hydrogens is 290 g/mol. The zero-order chi connectivity index (χ0) is 16.2. The summed E-state index contributed by atoms with van der Waals surface area (Å²) >= 11 is 0. The van der Waals surface area contributed by atoms with E-state index in [1.165, 1.54) is 12.8 Å². The predicted octanol–water partition coefficient (Wildman–Crippen LogP) is 2.46. The van der Waals surface area contributed by atoms with Gasteiger partial charge in [-0.25, -0.2) is 4.68 Å². The number of hydrogen-bond acceptors (Lipinski definition) is 3. The first kappa shape index (κ1) is 15.7. The third-order valence-corrected chi connectivity index (χ3v) is 4.54. The largest absolute Gasteiger partial charge is 0.391 e. The first-order valence-electron chi connectivity index (χ1n) is 8.23. The topological polar surface area (TPSA) is 67.2 Å². The number of para-hydroxylation sites is 1. The van der Waals surface area contributed by atoms with Crippen molar-refractivity contribution in [2.24, 2.45) is 5.92 Å². The Morgan fingerprint density at radius 1 is 1.35 bits per heavy atom. The second kappa shape index (κ2) is 6.96. The van der Waals surface area contributed by atoms with Gasteiger partial charge in [-0.3, -0.25) is 4.79 Å². The fraction of sp³-hybridized carbons (Fsp3) is 0.444. The third kappa shape index (κ3) is 3.62. The Hall–Kier alpha value is -2.14. The van der Waals surface area contributed by atoms with Crippen molar-refractivity contribution in [3.63, 3.8) is 0 Å². The number of hydrogen-bond donors (Lipinski definition) is 2. The van der Waals surface area contributed by atoms with Crippen LogP contribution >= 0.6 is 0 Å². The molecule has 1 saturated carbocycles. The molecule has 1 aliphatic carbocycles. The smallest absolute Gasteiger partial charge is 0.271 e. The maximum atomic E-state index is 12.3. The van der Waals surface area contributed by atoms with Gasteiger partial charge in [-0.05, 0) is 43.9 Å². The average molecular weight is 313 g/mol. The lowest BCUT2D eigenvalue weighted by Crippen LogP contribution is -2.35. The molecule has 5 nitrogen and oxygen atoms in total. The molecule has 0 aliphatic heterocycles. The Balaban J connectivity index is 1.64. The van der Waals surface area contributed by atoms with Crippen molar-refractivity contribution in [3.8, 4) is 5.69 Å². The summed E-state index contributed by atoms with van der Waals surface area (Å²) < 4.78 is 1.75. The maximum Gasteiger partial charge on any atom is 0.271 e. The zero-order valence-corrected chi connectivity index (χ0v) is 13.4. The molecule has 1 amide bonds. The number of aryl methyl sites for hydroxylation is 1. The van der Waals surface area contributed by atoms with Crippen molar-refractivity contribution in [2.45, 2.75) is 38.7 Å². The van der Waals surface area contributed by atoms with E-state index in [0.717, 1.165) is 24.2 Å². The van der Waals surface area contributed by atoms with Crippen molar-refractivity contribution >= 4 is 5.91 Å². The monoisotopic (exact) mass is 313 g/mol. The van der Waals surface area contributed by atoms with E-state index in [4.69, 9.17) is 0 Å². The van der Waals surface area contributed by atoms with E-state index in [9.17, 15) is 9.90 Å².